The Morgan fingerprint density at radius 1 is 1.17 bits per heavy atom. The largest absolute Gasteiger partial charge is 0.345 e. The molecule has 2 amide bonds. The summed E-state index contributed by atoms with van der Waals surface area (Å²) in [7, 11) is 3.38. The molecule has 0 fully saturated rings. The lowest BCUT2D eigenvalue weighted by atomic mass is 10.1. The van der Waals surface area contributed by atoms with Crippen LogP contribution in [0.15, 0.2) is 24.3 Å². The van der Waals surface area contributed by atoms with Crippen LogP contribution in [-0.4, -0.2) is 36.3 Å². The lowest BCUT2D eigenvalue weighted by Crippen LogP contribution is -2.45. The van der Waals surface area contributed by atoms with Gasteiger partial charge in [0.05, 0.1) is 5.54 Å². The maximum Gasteiger partial charge on any atom is 0.253 e. The van der Waals surface area contributed by atoms with Crippen molar-refractivity contribution in [2.24, 2.45) is 5.73 Å². The Morgan fingerprint density at radius 2 is 1.67 bits per heavy atom. The van der Waals surface area contributed by atoms with Crippen molar-refractivity contribution in [1.29, 1.82) is 0 Å². The number of rotatable bonds is 3. The molecule has 3 N–H and O–H groups in total. The summed E-state index contributed by atoms with van der Waals surface area (Å²) < 4.78 is 0. The normalized spacial score (nSPS) is 10.9. The molecule has 0 aliphatic carbocycles. The van der Waals surface area contributed by atoms with Crippen LogP contribution in [0.25, 0.3) is 0 Å². The van der Waals surface area contributed by atoms with Gasteiger partial charge in [-0.25, -0.2) is 0 Å². The number of carbonyl (C=O) groups excluding carboxylic acids is 2. The van der Waals surface area contributed by atoms with E-state index in [1.165, 1.54) is 4.90 Å². The Bertz CT molecular complexity index is 444. The highest BCUT2D eigenvalue weighted by Crippen LogP contribution is 2.12. The summed E-state index contributed by atoms with van der Waals surface area (Å²) in [6.07, 6.45) is 0. The zero-order valence-corrected chi connectivity index (χ0v) is 11.2. The Balaban J connectivity index is 2.78. The number of nitrogens with two attached hydrogens (primary N) is 1. The first-order valence-corrected chi connectivity index (χ1v) is 5.64. The Labute approximate surface area is 107 Å². The van der Waals surface area contributed by atoms with E-state index in [2.05, 4.69) is 5.32 Å². The van der Waals surface area contributed by atoms with Crippen molar-refractivity contribution in [1.82, 2.24) is 4.90 Å². The summed E-state index contributed by atoms with van der Waals surface area (Å²) in [5, 5.41) is 2.69. The molecule has 0 atom stereocenters. The van der Waals surface area contributed by atoms with Gasteiger partial charge in [0.2, 0.25) is 5.91 Å². The van der Waals surface area contributed by atoms with Crippen LogP contribution in [-0.2, 0) is 4.79 Å². The summed E-state index contributed by atoms with van der Waals surface area (Å²) in [4.78, 5) is 24.8. The molecule has 0 bridgehead atoms. The Hall–Kier alpha value is -1.88. The van der Waals surface area contributed by atoms with E-state index in [0.717, 1.165) is 0 Å². The number of anilines is 1. The molecule has 0 aliphatic rings. The summed E-state index contributed by atoms with van der Waals surface area (Å²) in [5.74, 6) is -0.346. The van der Waals surface area contributed by atoms with Crippen molar-refractivity contribution < 1.29 is 9.59 Å². The Kier molecular flexibility index (Phi) is 4.08. The number of hydrogen-bond donors (Lipinski definition) is 2. The second-order valence-electron chi connectivity index (χ2n) is 4.95. The van der Waals surface area contributed by atoms with Crippen LogP contribution in [0.1, 0.15) is 24.2 Å². The summed E-state index contributed by atoms with van der Waals surface area (Å²) in [5.41, 5.74) is 5.93. The fraction of sp³-hybridized carbons (Fsp3) is 0.385. The van der Waals surface area contributed by atoms with Crippen LogP contribution < -0.4 is 11.1 Å². The first-order valence-electron chi connectivity index (χ1n) is 5.64. The quantitative estimate of drug-likeness (QED) is 0.841. The van der Waals surface area contributed by atoms with Gasteiger partial charge in [-0.3, -0.25) is 9.59 Å². The van der Waals surface area contributed by atoms with Gasteiger partial charge in [-0.1, -0.05) is 0 Å². The molecule has 0 heterocycles. The van der Waals surface area contributed by atoms with E-state index in [4.69, 9.17) is 5.73 Å². The van der Waals surface area contributed by atoms with Gasteiger partial charge in [-0.15, -0.1) is 0 Å². The van der Waals surface area contributed by atoms with Crippen molar-refractivity contribution >= 4 is 17.5 Å². The van der Waals surface area contributed by atoms with Crippen LogP contribution in [0.5, 0.6) is 0 Å². The van der Waals surface area contributed by atoms with Crippen molar-refractivity contribution in [3.05, 3.63) is 29.8 Å². The number of benzene rings is 1. The molecule has 5 heteroatoms. The molecule has 18 heavy (non-hydrogen) atoms. The third-order valence-corrected chi connectivity index (χ3v) is 2.38. The molecule has 0 saturated carbocycles. The van der Waals surface area contributed by atoms with Crippen molar-refractivity contribution in [3.8, 4) is 0 Å². The molecule has 98 valence electrons. The number of hydrogen-bond acceptors (Lipinski definition) is 3. The number of carbonyl (C=O) groups is 2. The van der Waals surface area contributed by atoms with Gasteiger partial charge in [-0.05, 0) is 38.1 Å². The fourth-order valence-electron chi connectivity index (χ4n) is 1.25. The summed E-state index contributed by atoms with van der Waals surface area (Å²) in [6.45, 7) is 3.26. The molecule has 0 radical (unpaired) electrons. The van der Waals surface area contributed by atoms with Gasteiger partial charge in [0.15, 0.2) is 0 Å². The molecule has 1 aromatic rings. The van der Waals surface area contributed by atoms with E-state index in [1.54, 1.807) is 52.2 Å². The molecule has 0 unspecified atom stereocenters. The van der Waals surface area contributed by atoms with E-state index in [1.807, 2.05) is 0 Å². The maximum atomic E-state index is 11.7. The Morgan fingerprint density at radius 3 is 2.06 bits per heavy atom. The van der Waals surface area contributed by atoms with Gasteiger partial charge in [0.1, 0.15) is 0 Å². The number of amides is 2. The fourth-order valence-corrected chi connectivity index (χ4v) is 1.25. The second-order valence-corrected chi connectivity index (χ2v) is 4.95. The first-order chi connectivity index (χ1) is 8.21. The molecule has 1 rings (SSSR count). The lowest BCUT2D eigenvalue weighted by Gasteiger charge is -2.18. The maximum absolute atomic E-state index is 11.7. The zero-order valence-electron chi connectivity index (χ0n) is 11.2. The van der Waals surface area contributed by atoms with Crippen LogP contribution in [0.4, 0.5) is 5.69 Å². The highest BCUT2D eigenvalue weighted by molar-refractivity contribution is 5.98. The summed E-state index contributed by atoms with van der Waals surface area (Å²) >= 11 is 0. The molecule has 0 aromatic heterocycles. The smallest absolute Gasteiger partial charge is 0.253 e. The van der Waals surface area contributed by atoms with Gasteiger partial charge in [0.25, 0.3) is 5.91 Å². The lowest BCUT2D eigenvalue weighted by molar-refractivity contribution is -0.120. The average molecular weight is 249 g/mol. The molecule has 0 saturated heterocycles. The van der Waals surface area contributed by atoms with Crippen molar-refractivity contribution in [2.45, 2.75) is 19.4 Å². The molecule has 1 aromatic carbocycles. The molecular weight excluding hydrogens is 230 g/mol. The number of nitrogens with one attached hydrogen (secondary N) is 1. The standard InChI is InChI=1S/C13H19N3O2/c1-13(2,14)12(18)15-10-7-5-9(6-8-10)11(17)16(3)4/h5-8H,14H2,1-4H3,(H,15,18). The van der Waals surface area contributed by atoms with Gasteiger partial charge in [0, 0.05) is 25.3 Å². The van der Waals surface area contributed by atoms with Crippen LogP contribution >= 0.6 is 0 Å². The average Bonchev–Trinajstić information content (AvgIpc) is 2.27. The van der Waals surface area contributed by atoms with E-state index in [0.29, 0.717) is 11.3 Å². The van der Waals surface area contributed by atoms with Crippen LogP contribution in [0.2, 0.25) is 0 Å². The van der Waals surface area contributed by atoms with Gasteiger partial charge >= 0.3 is 0 Å². The molecule has 0 aliphatic heterocycles. The summed E-state index contributed by atoms with van der Waals surface area (Å²) in [6, 6.07) is 6.70. The third kappa shape index (κ3) is 3.56. The molecular formula is C13H19N3O2. The SMILES string of the molecule is CN(C)C(=O)c1ccc(NC(=O)C(C)(C)N)cc1. The van der Waals surface area contributed by atoms with Gasteiger partial charge < -0.3 is 16.0 Å². The van der Waals surface area contributed by atoms with E-state index in [9.17, 15) is 9.59 Å². The minimum absolute atomic E-state index is 0.0768. The van der Waals surface area contributed by atoms with E-state index >= 15 is 0 Å². The highest BCUT2D eigenvalue weighted by Gasteiger charge is 2.21. The van der Waals surface area contributed by atoms with Crippen LogP contribution in [0.3, 0.4) is 0 Å². The third-order valence-electron chi connectivity index (χ3n) is 2.38. The predicted molar refractivity (Wildman–Crippen MR) is 71.4 cm³/mol. The topological polar surface area (TPSA) is 75.4 Å². The first kappa shape index (κ1) is 14.2. The van der Waals surface area contributed by atoms with E-state index in [-0.39, 0.29) is 11.8 Å². The van der Waals surface area contributed by atoms with Crippen molar-refractivity contribution in [2.75, 3.05) is 19.4 Å². The van der Waals surface area contributed by atoms with Crippen LogP contribution in [0, 0.1) is 0 Å². The molecule has 5 nitrogen and oxygen atoms in total. The molecule has 0 spiro atoms. The van der Waals surface area contributed by atoms with E-state index < -0.39 is 5.54 Å². The highest BCUT2D eigenvalue weighted by atomic mass is 16.2. The predicted octanol–water partition coefficient (Wildman–Crippen LogP) is 1.06. The zero-order chi connectivity index (χ0) is 13.9. The monoisotopic (exact) mass is 249 g/mol. The van der Waals surface area contributed by atoms with Gasteiger partial charge in [-0.2, -0.15) is 0 Å². The number of nitrogens with zero attached hydrogens (tertiary/aromatic N) is 1. The minimum atomic E-state index is -0.932. The second kappa shape index (κ2) is 5.18. The minimum Gasteiger partial charge on any atom is -0.345 e. The van der Waals surface area contributed by atoms with Crippen molar-refractivity contribution in [3.63, 3.8) is 0 Å².